The van der Waals surface area contributed by atoms with Crippen molar-refractivity contribution in [2.75, 3.05) is 0 Å². The van der Waals surface area contributed by atoms with Gasteiger partial charge in [-0.3, -0.25) is 4.52 Å². The van der Waals surface area contributed by atoms with E-state index in [1.54, 1.807) is 6.92 Å². The molecular weight excluding hydrogens is 230 g/mol. The Hall–Kier alpha value is 0.01000. The molecule has 84 valence electrons. The van der Waals surface area contributed by atoms with Crippen molar-refractivity contribution in [2.45, 2.75) is 38.5 Å². The molecule has 1 atom stereocenters. The third kappa shape index (κ3) is 4.03. The predicted octanol–water partition coefficient (Wildman–Crippen LogP) is 2.18. The fourth-order valence-electron chi connectivity index (χ4n) is 1.15. The summed E-state index contributed by atoms with van der Waals surface area (Å²) in [6, 6.07) is 0. The summed E-state index contributed by atoms with van der Waals surface area (Å²) in [6.07, 6.45) is 0.565. The highest BCUT2D eigenvalue weighted by Crippen LogP contribution is 2.50. The fraction of sp³-hybridized carbons (Fsp3) is 1.00. The Morgan fingerprint density at radius 2 is 1.86 bits per heavy atom. The predicted molar refractivity (Wildman–Crippen MR) is 49.4 cm³/mol. The molecule has 2 N–H and O–H groups in total. The van der Waals surface area contributed by atoms with Crippen LogP contribution in [0.4, 0.5) is 0 Å². The van der Waals surface area contributed by atoms with E-state index >= 15 is 0 Å². The molecule has 0 saturated heterocycles. The lowest BCUT2D eigenvalue weighted by molar-refractivity contribution is 0.0861. The quantitative estimate of drug-likeness (QED) is 0.694. The summed E-state index contributed by atoms with van der Waals surface area (Å²) in [7, 11) is -7.80. The van der Waals surface area contributed by atoms with Crippen molar-refractivity contribution in [3.8, 4) is 0 Å². The SMILES string of the molecule is CCCC(CC)(OP(=O)(O)O)P(=O)=O. The topological polar surface area (TPSA) is 101 Å². The molecule has 0 bridgehead atoms. The van der Waals surface area contributed by atoms with Gasteiger partial charge in [-0.05, 0) is 12.8 Å². The van der Waals surface area contributed by atoms with Gasteiger partial charge in [-0.1, -0.05) is 20.3 Å². The summed E-state index contributed by atoms with van der Waals surface area (Å²) >= 11 is 0. The van der Waals surface area contributed by atoms with E-state index < -0.39 is 20.8 Å². The van der Waals surface area contributed by atoms with Crippen LogP contribution in [0.2, 0.25) is 0 Å². The summed E-state index contributed by atoms with van der Waals surface area (Å²) in [6.45, 7) is 3.22. The van der Waals surface area contributed by atoms with Crippen molar-refractivity contribution in [3.63, 3.8) is 0 Å². The molecule has 0 aliphatic rings. The first kappa shape index (κ1) is 14.0. The fourth-order valence-corrected chi connectivity index (χ4v) is 3.07. The molecule has 0 aromatic carbocycles. The first-order valence-corrected chi connectivity index (χ1v) is 6.89. The van der Waals surface area contributed by atoms with Gasteiger partial charge in [0.25, 0.3) is 0 Å². The van der Waals surface area contributed by atoms with Gasteiger partial charge < -0.3 is 9.79 Å². The van der Waals surface area contributed by atoms with Crippen LogP contribution in [0.1, 0.15) is 33.1 Å². The second-order valence-corrected chi connectivity index (χ2v) is 5.38. The third-order valence-electron chi connectivity index (χ3n) is 1.81. The molecule has 0 aromatic heterocycles. The van der Waals surface area contributed by atoms with Gasteiger partial charge >= 0.3 is 15.5 Å². The maximum absolute atomic E-state index is 10.9. The molecule has 0 heterocycles. The minimum atomic E-state index is -4.77. The normalized spacial score (nSPS) is 16.3. The Balaban J connectivity index is 4.95. The van der Waals surface area contributed by atoms with E-state index in [9.17, 15) is 13.7 Å². The molecular formula is C6H14O6P2. The summed E-state index contributed by atoms with van der Waals surface area (Å²) in [5, 5.41) is -1.73. The molecule has 0 spiro atoms. The molecule has 0 fully saturated rings. The van der Waals surface area contributed by atoms with E-state index in [1.807, 2.05) is 0 Å². The number of hydrogen-bond acceptors (Lipinski definition) is 4. The van der Waals surface area contributed by atoms with Gasteiger partial charge in [-0.2, -0.15) is 0 Å². The smallest absolute Gasteiger partial charge is 0.303 e. The van der Waals surface area contributed by atoms with E-state index in [2.05, 4.69) is 4.52 Å². The molecule has 6 nitrogen and oxygen atoms in total. The van der Waals surface area contributed by atoms with E-state index in [0.29, 0.717) is 6.42 Å². The molecule has 0 aliphatic heterocycles. The standard InChI is InChI=1S/C6H14O6P2/c1-3-5-6(4-2,13(7)8)12-14(9,10)11/h3-5H2,1-2H3,(H2,9,10,11). The van der Waals surface area contributed by atoms with Crippen LogP contribution in [0.3, 0.4) is 0 Å². The summed E-state index contributed by atoms with van der Waals surface area (Å²) in [5.74, 6) is 0. The highest BCUT2D eigenvalue weighted by atomic mass is 31.2. The van der Waals surface area contributed by atoms with Crippen molar-refractivity contribution in [1.82, 2.24) is 0 Å². The highest BCUT2D eigenvalue weighted by molar-refractivity contribution is 7.47. The Labute approximate surface area is 82.7 Å². The number of hydrogen-bond donors (Lipinski definition) is 2. The van der Waals surface area contributed by atoms with Gasteiger partial charge in [0, 0.05) is 0 Å². The Kier molecular flexibility index (Phi) is 5.20. The van der Waals surface area contributed by atoms with Crippen LogP contribution in [0.5, 0.6) is 0 Å². The van der Waals surface area contributed by atoms with Crippen LogP contribution in [0, 0.1) is 0 Å². The summed E-state index contributed by atoms with van der Waals surface area (Å²) in [4.78, 5) is 17.2. The first-order valence-electron chi connectivity index (χ1n) is 4.18. The van der Waals surface area contributed by atoms with Gasteiger partial charge in [-0.15, -0.1) is 0 Å². The molecule has 8 heteroatoms. The lowest BCUT2D eigenvalue weighted by Crippen LogP contribution is -2.24. The second-order valence-electron chi connectivity index (χ2n) is 2.89. The number of rotatable bonds is 6. The lowest BCUT2D eigenvalue weighted by atomic mass is 10.1. The molecule has 1 unspecified atom stereocenters. The van der Waals surface area contributed by atoms with E-state index in [-0.39, 0.29) is 12.8 Å². The maximum Gasteiger partial charge on any atom is 0.470 e. The van der Waals surface area contributed by atoms with Crippen LogP contribution >= 0.6 is 15.5 Å². The van der Waals surface area contributed by atoms with Gasteiger partial charge in [0.1, 0.15) is 0 Å². The molecule has 0 amide bonds. The zero-order valence-electron chi connectivity index (χ0n) is 8.04. The van der Waals surface area contributed by atoms with Crippen LogP contribution in [-0.2, 0) is 18.2 Å². The maximum atomic E-state index is 10.9. The lowest BCUT2D eigenvalue weighted by Gasteiger charge is -2.24. The minimum absolute atomic E-state index is 0.0185. The molecule has 14 heavy (non-hydrogen) atoms. The van der Waals surface area contributed by atoms with Gasteiger partial charge in [0.05, 0.1) is 0 Å². The van der Waals surface area contributed by atoms with Crippen molar-refractivity contribution < 1.29 is 28.0 Å². The van der Waals surface area contributed by atoms with E-state index in [1.165, 1.54) is 6.92 Å². The van der Waals surface area contributed by atoms with E-state index in [4.69, 9.17) is 9.79 Å². The second kappa shape index (κ2) is 5.19. The van der Waals surface area contributed by atoms with Crippen LogP contribution in [0.15, 0.2) is 0 Å². The zero-order valence-corrected chi connectivity index (χ0v) is 9.83. The van der Waals surface area contributed by atoms with Crippen molar-refractivity contribution >= 4 is 15.5 Å². The van der Waals surface area contributed by atoms with Gasteiger partial charge in [-0.25, -0.2) is 13.7 Å². The average molecular weight is 244 g/mol. The van der Waals surface area contributed by atoms with Crippen molar-refractivity contribution in [3.05, 3.63) is 0 Å². The van der Waals surface area contributed by atoms with Crippen LogP contribution in [-0.4, -0.2) is 15.1 Å². The van der Waals surface area contributed by atoms with Crippen LogP contribution in [0.25, 0.3) is 0 Å². The van der Waals surface area contributed by atoms with E-state index in [0.717, 1.165) is 0 Å². The third-order valence-corrected chi connectivity index (χ3v) is 3.84. The Bertz CT molecular complexity index is 285. The number of phosphoric ester groups is 1. The number of phosphoric acid groups is 1. The molecule has 0 aromatic rings. The average Bonchev–Trinajstić information content (AvgIpc) is 2.00. The molecule has 0 rings (SSSR count). The summed E-state index contributed by atoms with van der Waals surface area (Å²) < 4.78 is 36.7. The summed E-state index contributed by atoms with van der Waals surface area (Å²) in [5.41, 5.74) is 0. The highest BCUT2D eigenvalue weighted by Gasteiger charge is 2.41. The monoisotopic (exact) mass is 244 g/mol. The zero-order chi connectivity index (χ0) is 11.4. The molecule has 0 saturated carbocycles. The molecule has 0 aliphatic carbocycles. The Morgan fingerprint density at radius 1 is 1.36 bits per heavy atom. The van der Waals surface area contributed by atoms with Crippen molar-refractivity contribution in [2.24, 2.45) is 0 Å². The largest absolute Gasteiger partial charge is 0.470 e. The molecule has 0 radical (unpaired) electrons. The van der Waals surface area contributed by atoms with Crippen molar-refractivity contribution in [1.29, 1.82) is 0 Å². The Morgan fingerprint density at radius 3 is 2.07 bits per heavy atom. The van der Waals surface area contributed by atoms with Crippen LogP contribution < -0.4 is 0 Å². The van der Waals surface area contributed by atoms with Gasteiger partial charge in [0.2, 0.25) is 0 Å². The first-order chi connectivity index (χ1) is 6.27. The minimum Gasteiger partial charge on any atom is -0.303 e. The van der Waals surface area contributed by atoms with Gasteiger partial charge in [0.15, 0.2) is 5.34 Å².